The fourth-order valence-corrected chi connectivity index (χ4v) is 1.98. The normalized spacial score (nSPS) is 14.9. The smallest absolute Gasteiger partial charge is 0.227 e. The van der Waals surface area contributed by atoms with E-state index in [1.807, 2.05) is 13.8 Å². The number of hydrogen-bond donors (Lipinski definition) is 1. The van der Waals surface area contributed by atoms with Gasteiger partial charge in [-0.15, -0.1) is 0 Å². The number of ether oxygens (including phenoxy) is 1. The van der Waals surface area contributed by atoms with E-state index in [9.17, 15) is 9.59 Å². The van der Waals surface area contributed by atoms with Gasteiger partial charge in [-0.3, -0.25) is 9.59 Å². The number of hydrogen-bond acceptors (Lipinski definition) is 3. The van der Waals surface area contributed by atoms with Gasteiger partial charge in [-0.05, 0) is 44.9 Å². The maximum Gasteiger partial charge on any atom is 0.227 e. The largest absolute Gasteiger partial charge is 0.489 e. The van der Waals surface area contributed by atoms with Gasteiger partial charge in [0.25, 0.3) is 0 Å². The second-order valence-electron chi connectivity index (χ2n) is 5.16. The van der Waals surface area contributed by atoms with Gasteiger partial charge >= 0.3 is 0 Å². The molecule has 1 fully saturated rings. The standard InChI is InChI=1S/C15H19NO3/c1-10(2)19-14-7-6-11(9-17)8-13(14)16-15(18)12-4-3-5-12/h6-10,12H,3-5H2,1-2H3,(H,16,18). The van der Waals surface area contributed by atoms with Crippen LogP contribution in [0.3, 0.4) is 0 Å². The topological polar surface area (TPSA) is 55.4 Å². The Balaban J connectivity index is 2.18. The van der Waals surface area contributed by atoms with E-state index in [0.29, 0.717) is 17.0 Å². The van der Waals surface area contributed by atoms with Gasteiger partial charge in [0.05, 0.1) is 11.8 Å². The molecule has 4 heteroatoms. The van der Waals surface area contributed by atoms with Gasteiger partial charge in [-0.25, -0.2) is 0 Å². The number of aldehydes is 1. The summed E-state index contributed by atoms with van der Waals surface area (Å²) in [5.74, 6) is 0.725. The first-order chi connectivity index (χ1) is 9.10. The molecule has 2 rings (SSSR count). The van der Waals surface area contributed by atoms with E-state index in [1.54, 1.807) is 18.2 Å². The van der Waals surface area contributed by atoms with E-state index >= 15 is 0 Å². The van der Waals surface area contributed by atoms with Gasteiger partial charge in [0.15, 0.2) is 0 Å². The van der Waals surface area contributed by atoms with E-state index in [-0.39, 0.29) is 17.9 Å². The van der Waals surface area contributed by atoms with Crippen LogP contribution in [0.5, 0.6) is 5.75 Å². The van der Waals surface area contributed by atoms with Crippen LogP contribution in [0.1, 0.15) is 43.5 Å². The summed E-state index contributed by atoms with van der Waals surface area (Å²) in [7, 11) is 0. The van der Waals surface area contributed by atoms with Crippen molar-refractivity contribution < 1.29 is 14.3 Å². The second kappa shape index (κ2) is 5.87. The molecule has 1 saturated carbocycles. The summed E-state index contributed by atoms with van der Waals surface area (Å²) < 4.78 is 5.65. The van der Waals surface area contributed by atoms with Crippen molar-refractivity contribution in [2.45, 2.75) is 39.2 Å². The van der Waals surface area contributed by atoms with Crippen LogP contribution in [0.15, 0.2) is 18.2 Å². The number of nitrogens with one attached hydrogen (secondary N) is 1. The first-order valence-corrected chi connectivity index (χ1v) is 6.67. The number of carbonyl (C=O) groups excluding carboxylic acids is 2. The lowest BCUT2D eigenvalue weighted by molar-refractivity contribution is -0.122. The van der Waals surface area contributed by atoms with Crippen molar-refractivity contribution in [3.05, 3.63) is 23.8 Å². The maximum absolute atomic E-state index is 12.0. The van der Waals surface area contributed by atoms with E-state index in [0.717, 1.165) is 25.5 Å². The third-order valence-corrected chi connectivity index (χ3v) is 3.24. The van der Waals surface area contributed by atoms with Crippen LogP contribution in [-0.4, -0.2) is 18.3 Å². The van der Waals surface area contributed by atoms with Crippen LogP contribution in [0.25, 0.3) is 0 Å². The monoisotopic (exact) mass is 261 g/mol. The van der Waals surface area contributed by atoms with Crippen LogP contribution in [-0.2, 0) is 4.79 Å². The van der Waals surface area contributed by atoms with Crippen molar-refractivity contribution in [2.24, 2.45) is 5.92 Å². The second-order valence-corrected chi connectivity index (χ2v) is 5.16. The van der Waals surface area contributed by atoms with Crippen LogP contribution in [0.4, 0.5) is 5.69 Å². The van der Waals surface area contributed by atoms with E-state index in [1.165, 1.54) is 0 Å². The van der Waals surface area contributed by atoms with E-state index < -0.39 is 0 Å². The number of benzene rings is 1. The average Bonchev–Trinajstić information content (AvgIpc) is 2.28. The molecule has 1 N–H and O–H groups in total. The SMILES string of the molecule is CC(C)Oc1ccc(C=O)cc1NC(=O)C1CCC1. The third kappa shape index (κ3) is 3.34. The average molecular weight is 261 g/mol. The zero-order valence-corrected chi connectivity index (χ0v) is 11.3. The van der Waals surface area contributed by atoms with Crippen molar-refractivity contribution in [3.63, 3.8) is 0 Å². The highest BCUT2D eigenvalue weighted by Gasteiger charge is 2.26. The van der Waals surface area contributed by atoms with Gasteiger partial charge in [-0.1, -0.05) is 6.42 Å². The lowest BCUT2D eigenvalue weighted by Crippen LogP contribution is -2.28. The van der Waals surface area contributed by atoms with Crippen LogP contribution in [0, 0.1) is 5.92 Å². The Bertz CT molecular complexity index is 478. The fraction of sp³-hybridized carbons (Fsp3) is 0.467. The molecule has 0 aliphatic heterocycles. The lowest BCUT2D eigenvalue weighted by Gasteiger charge is -2.25. The van der Waals surface area contributed by atoms with Crippen LogP contribution < -0.4 is 10.1 Å². The highest BCUT2D eigenvalue weighted by Crippen LogP contribution is 2.31. The molecule has 0 aromatic heterocycles. The molecular formula is C15H19NO3. The molecule has 1 aromatic carbocycles. The minimum Gasteiger partial charge on any atom is -0.489 e. The molecule has 4 nitrogen and oxygen atoms in total. The predicted molar refractivity (Wildman–Crippen MR) is 73.6 cm³/mol. The van der Waals surface area contributed by atoms with Gasteiger partial charge in [-0.2, -0.15) is 0 Å². The molecule has 0 saturated heterocycles. The number of carbonyl (C=O) groups is 2. The quantitative estimate of drug-likeness (QED) is 0.829. The molecule has 1 amide bonds. The Morgan fingerprint density at radius 1 is 1.42 bits per heavy atom. The third-order valence-electron chi connectivity index (χ3n) is 3.24. The Labute approximate surface area is 113 Å². The van der Waals surface area contributed by atoms with Gasteiger partial charge in [0, 0.05) is 11.5 Å². The molecule has 0 atom stereocenters. The molecule has 0 heterocycles. The zero-order valence-electron chi connectivity index (χ0n) is 11.3. The van der Waals surface area contributed by atoms with Gasteiger partial charge in [0.1, 0.15) is 12.0 Å². The molecule has 0 unspecified atom stereocenters. The molecule has 0 bridgehead atoms. The number of amides is 1. The summed E-state index contributed by atoms with van der Waals surface area (Å²) in [6.45, 7) is 3.84. The van der Waals surface area contributed by atoms with Crippen molar-refractivity contribution in [2.75, 3.05) is 5.32 Å². The predicted octanol–water partition coefficient (Wildman–Crippen LogP) is 3.02. The Morgan fingerprint density at radius 2 is 2.16 bits per heavy atom. The Kier molecular flexibility index (Phi) is 4.20. The summed E-state index contributed by atoms with van der Waals surface area (Å²) in [6, 6.07) is 5.06. The summed E-state index contributed by atoms with van der Waals surface area (Å²) in [5, 5.41) is 2.87. The number of anilines is 1. The first kappa shape index (κ1) is 13.6. The van der Waals surface area contributed by atoms with Crippen molar-refractivity contribution in [3.8, 4) is 5.75 Å². The highest BCUT2D eigenvalue weighted by molar-refractivity contribution is 5.95. The lowest BCUT2D eigenvalue weighted by atomic mass is 9.85. The molecule has 1 aromatic rings. The number of rotatable bonds is 5. The molecule has 1 aliphatic carbocycles. The molecule has 0 radical (unpaired) electrons. The van der Waals surface area contributed by atoms with E-state index in [4.69, 9.17) is 4.74 Å². The Morgan fingerprint density at radius 3 is 2.68 bits per heavy atom. The minimum atomic E-state index is 0.0152. The summed E-state index contributed by atoms with van der Waals surface area (Å²) in [5.41, 5.74) is 1.11. The maximum atomic E-state index is 12.0. The van der Waals surface area contributed by atoms with Crippen molar-refractivity contribution in [1.29, 1.82) is 0 Å². The molecule has 0 spiro atoms. The first-order valence-electron chi connectivity index (χ1n) is 6.67. The van der Waals surface area contributed by atoms with Crippen molar-refractivity contribution in [1.82, 2.24) is 0 Å². The van der Waals surface area contributed by atoms with Crippen LogP contribution >= 0.6 is 0 Å². The molecule has 19 heavy (non-hydrogen) atoms. The van der Waals surface area contributed by atoms with E-state index in [2.05, 4.69) is 5.32 Å². The summed E-state index contributed by atoms with van der Waals surface area (Å²) in [4.78, 5) is 22.8. The minimum absolute atomic E-state index is 0.0152. The Hall–Kier alpha value is -1.84. The highest BCUT2D eigenvalue weighted by atomic mass is 16.5. The zero-order chi connectivity index (χ0) is 13.8. The molecule has 102 valence electrons. The van der Waals surface area contributed by atoms with Crippen LogP contribution in [0.2, 0.25) is 0 Å². The summed E-state index contributed by atoms with van der Waals surface area (Å²) in [6.07, 6.45) is 3.78. The molecular weight excluding hydrogens is 242 g/mol. The fourth-order valence-electron chi connectivity index (χ4n) is 1.98. The van der Waals surface area contributed by atoms with Crippen molar-refractivity contribution >= 4 is 17.9 Å². The van der Waals surface area contributed by atoms with Gasteiger partial charge in [0.2, 0.25) is 5.91 Å². The van der Waals surface area contributed by atoms with Gasteiger partial charge < -0.3 is 10.1 Å². The summed E-state index contributed by atoms with van der Waals surface area (Å²) >= 11 is 0. The molecule has 1 aliphatic rings.